The summed E-state index contributed by atoms with van der Waals surface area (Å²) < 4.78 is 16.8. The number of hydrogen-bond acceptors (Lipinski definition) is 6. The molecule has 2 atom stereocenters. The first-order chi connectivity index (χ1) is 14.7. The number of nitrogens with zero attached hydrogens (tertiary/aromatic N) is 2. The summed E-state index contributed by atoms with van der Waals surface area (Å²) in [4.78, 5) is 37.9. The second kappa shape index (κ2) is 8.10. The summed E-state index contributed by atoms with van der Waals surface area (Å²) in [5.74, 6) is -2.43. The molecule has 0 spiro atoms. The Morgan fingerprint density at radius 3 is 2.68 bits per heavy atom. The van der Waals surface area contributed by atoms with Crippen molar-refractivity contribution in [3.63, 3.8) is 0 Å². The zero-order valence-corrected chi connectivity index (χ0v) is 17.6. The van der Waals surface area contributed by atoms with Gasteiger partial charge in [0.2, 0.25) is 5.43 Å². The molecule has 11 heteroatoms. The summed E-state index contributed by atoms with van der Waals surface area (Å²) in [6, 6.07) is 0.844. The quantitative estimate of drug-likeness (QED) is 0.482. The molecule has 5 N–H and O–H groups in total. The van der Waals surface area contributed by atoms with E-state index in [-0.39, 0.29) is 34.1 Å². The van der Waals surface area contributed by atoms with Crippen LogP contribution in [0.2, 0.25) is 5.02 Å². The summed E-state index contributed by atoms with van der Waals surface area (Å²) in [6.45, 7) is 0.772. The third kappa shape index (κ3) is 3.86. The standard InChI is InChI=1S/C20H23ClFN5O4/c1-24-18(23)19(29)25-9-4-5-26(7-9)16-13(22)6-11-15(14(16)21)27(10-2-3-10)8-12(17(11)28)20(30)31/h6,8-10,18,24H,2-5,7,23H2,1H3,(H,25,29)(H,30,31). The predicted octanol–water partition coefficient (Wildman–Crippen LogP) is 1.03. The molecule has 4 rings (SSSR count). The van der Waals surface area contributed by atoms with E-state index in [0.29, 0.717) is 25.0 Å². The Labute approximate surface area is 181 Å². The van der Waals surface area contributed by atoms with Gasteiger partial charge in [-0.25, -0.2) is 9.18 Å². The Balaban J connectivity index is 1.74. The number of carbonyl (C=O) groups excluding carboxylic acids is 1. The molecule has 2 unspecified atom stereocenters. The first kappa shape index (κ1) is 21.5. The number of benzene rings is 1. The lowest BCUT2D eigenvalue weighted by Crippen LogP contribution is -2.52. The van der Waals surface area contributed by atoms with Gasteiger partial charge in [0.15, 0.2) is 0 Å². The number of carboxylic acid groups (broad SMARTS) is 1. The van der Waals surface area contributed by atoms with Crippen molar-refractivity contribution >= 4 is 40.1 Å². The van der Waals surface area contributed by atoms with E-state index in [1.807, 2.05) is 0 Å². The highest BCUT2D eigenvalue weighted by Gasteiger charge is 2.32. The minimum Gasteiger partial charge on any atom is -0.477 e. The van der Waals surface area contributed by atoms with Gasteiger partial charge in [-0.3, -0.25) is 14.9 Å². The topological polar surface area (TPSA) is 130 Å². The first-order valence-corrected chi connectivity index (χ1v) is 10.4. The van der Waals surface area contributed by atoms with Crippen LogP contribution in [0.4, 0.5) is 10.1 Å². The fourth-order valence-corrected chi connectivity index (χ4v) is 4.43. The number of carboxylic acids is 1. The van der Waals surface area contributed by atoms with Crippen LogP contribution in [0.15, 0.2) is 17.1 Å². The number of likely N-dealkylation sites (N-methyl/N-ethyl adjacent to an activating group) is 1. The molecule has 1 aromatic carbocycles. The maximum absolute atomic E-state index is 15.1. The van der Waals surface area contributed by atoms with Crippen LogP contribution in [0.25, 0.3) is 10.9 Å². The molecule has 1 amide bonds. The summed E-state index contributed by atoms with van der Waals surface area (Å²) in [5.41, 5.74) is 4.96. The number of anilines is 1. The van der Waals surface area contributed by atoms with E-state index >= 15 is 4.39 Å². The SMILES string of the molecule is CNC(N)C(=O)NC1CCN(c2c(F)cc3c(=O)c(C(=O)O)cn(C4CC4)c3c2Cl)C1. The highest BCUT2D eigenvalue weighted by Crippen LogP contribution is 2.42. The highest BCUT2D eigenvalue weighted by atomic mass is 35.5. The molecule has 166 valence electrons. The van der Waals surface area contributed by atoms with Gasteiger partial charge < -0.3 is 25.6 Å². The number of nitrogens with two attached hydrogens (primary N) is 1. The van der Waals surface area contributed by atoms with Gasteiger partial charge in [-0.1, -0.05) is 11.6 Å². The highest BCUT2D eigenvalue weighted by molar-refractivity contribution is 6.38. The van der Waals surface area contributed by atoms with E-state index in [0.717, 1.165) is 18.9 Å². The van der Waals surface area contributed by atoms with Gasteiger partial charge in [-0.05, 0) is 32.4 Å². The second-order valence-corrected chi connectivity index (χ2v) is 8.32. The Kier molecular flexibility index (Phi) is 5.63. The number of amides is 1. The Morgan fingerprint density at radius 2 is 2.06 bits per heavy atom. The molecule has 2 aliphatic rings. The lowest BCUT2D eigenvalue weighted by Gasteiger charge is -2.23. The molecule has 2 fully saturated rings. The number of hydrogen-bond donors (Lipinski definition) is 4. The van der Waals surface area contributed by atoms with Gasteiger partial charge in [0.05, 0.1) is 21.6 Å². The average molecular weight is 452 g/mol. The van der Waals surface area contributed by atoms with Crippen LogP contribution in [-0.2, 0) is 4.79 Å². The fraction of sp³-hybridized carbons (Fsp3) is 0.450. The summed E-state index contributed by atoms with van der Waals surface area (Å²) >= 11 is 6.63. The third-order valence-corrected chi connectivity index (χ3v) is 6.16. The maximum atomic E-state index is 15.1. The van der Waals surface area contributed by atoms with Gasteiger partial charge >= 0.3 is 5.97 Å². The number of nitrogens with one attached hydrogen (secondary N) is 2. The van der Waals surface area contributed by atoms with Crippen molar-refractivity contribution in [2.45, 2.75) is 37.5 Å². The summed E-state index contributed by atoms with van der Waals surface area (Å²) in [6.07, 6.45) is 2.67. The minimum atomic E-state index is -1.36. The fourth-order valence-electron chi connectivity index (χ4n) is 4.02. The van der Waals surface area contributed by atoms with Crippen molar-refractivity contribution in [3.8, 4) is 0 Å². The van der Waals surface area contributed by atoms with Crippen LogP contribution in [0, 0.1) is 5.82 Å². The van der Waals surface area contributed by atoms with Crippen molar-refractivity contribution in [2.24, 2.45) is 5.73 Å². The largest absolute Gasteiger partial charge is 0.477 e. The zero-order valence-electron chi connectivity index (χ0n) is 16.8. The number of pyridine rings is 1. The number of rotatable bonds is 6. The van der Waals surface area contributed by atoms with E-state index < -0.39 is 28.9 Å². The number of halogens is 2. The van der Waals surface area contributed by atoms with Crippen molar-refractivity contribution in [1.29, 1.82) is 0 Å². The molecule has 1 aliphatic carbocycles. The second-order valence-electron chi connectivity index (χ2n) is 7.94. The molecule has 2 aromatic rings. The molecular formula is C20H23ClFN5O4. The van der Waals surface area contributed by atoms with Crippen molar-refractivity contribution < 1.29 is 19.1 Å². The molecular weight excluding hydrogens is 429 g/mol. The molecule has 0 radical (unpaired) electrons. The van der Waals surface area contributed by atoms with E-state index in [9.17, 15) is 19.5 Å². The number of aromatic nitrogens is 1. The summed E-state index contributed by atoms with van der Waals surface area (Å²) in [7, 11) is 1.57. The van der Waals surface area contributed by atoms with Gasteiger partial charge in [0.1, 0.15) is 17.5 Å². The maximum Gasteiger partial charge on any atom is 0.341 e. The molecule has 1 aromatic heterocycles. The van der Waals surface area contributed by atoms with Gasteiger partial charge in [0, 0.05) is 31.4 Å². The lowest BCUT2D eigenvalue weighted by molar-refractivity contribution is -0.123. The van der Waals surface area contributed by atoms with E-state index in [1.54, 1.807) is 16.5 Å². The molecule has 1 saturated carbocycles. The Bertz CT molecular complexity index is 1130. The van der Waals surface area contributed by atoms with Crippen LogP contribution in [-0.4, -0.2) is 53.9 Å². The molecule has 31 heavy (non-hydrogen) atoms. The van der Waals surface area contributed by atoms with Gasteiger partial charge in [-0.15, -0.1) is 0 Å². The van der Waals surface area contributed by atoms with E-state index in [1.165, 1.54) is 6.20 Å². The lowest BCUT2D eigenvalue weighted by atomic mass is 10.1. The van der Waals surface area contributed by atoms with Crippen molar-refractivity contribution in [1.82, 2.24) is 15.2 Å². The number of fused-ring (bicyclic) bond motifs is 1. The third-order valence-electron chi connectivity index (χ3n) is 5.80. The summed E-state index contributed by atoms with van der Waals surface area (Å²) in [5, 5.41) is 14.9. The average Bonchev–Trinajstić information content (AvgIpc) is 3.47. The number of aromatic carboxylic acids is 1. The van der Waals surface area contributed by atoms with Crippen LogP contribution in [0.5, 0.6) is 0 Å². The van der Waals surface area contributed by atoms with Gasteiger partial charge in [-0.2, -0.15) is 0 Å². The molecule has 2 heterocycles. The van der Waals surface area contributed by atoms with E-state index in [4.69, 9.17) is 17.3 Å². The normalized spacial score (nSPS) is 19.6. The minimum absolute atomic E-state index is 0.0191. The molecule has 1 saturated heterocycles. The van der Waals surface area contributed by atoms with Crippen molar-refractivity contribution in [3.05, 3.63) is 38.9 Å². The smallest absolute Gasteiger partial charge is 0.341 e. The van der Waals surface area contributed by atoms with Crippen LogP contribution < -0.4 is 26.7 Å². The first-order valence-electron chi connectivity index (χ1n) is 10.0. The number of carbonyl (C=O) groups is 2. The van der Waals surface area contributed by atoms with Gasteiger partial charge in [0.25, 0.3) is 5.91 Å². The van der Waals surface area contributed by atoms with Crippen molar-refractivity contribution in [2.75, 3.05) is 25.0 Å². The molecule has 0 bridgehead atoms. The Hall–Kier alpha value is -2.69. The molecule has 9 nitrogen and oxygen atoms in total. The van der Waals surface area contributed by atoms with Crippen LogP contribution in [0.3, 0.4) is 0 Å². The monoisotopic (exact) mass is 451 g/mol. The van der Waals surface area contributed by atoms with Crippen LogP contribution in [0.1, 0.15) is 35.7 Å². The predicted molar refractivity (Wildman–Crippen MR) is 114 cm³/mol. The van der Waals surface area contributed by atoms with Crippen LogP contribution >= 0.6 is 11.6 Å². The van der Waals surface area contributed by atoms with E-state index in [2.05, 4.69) is 10.6 Å². The zero-order chi connectivity index (χ0) is 22.4. The molecule has 1 aliphatic heterocycles. The Morgan fingerprint density at radius 1 is 1.35 bits per heavy atom.